The van der Waals surface area contributed by atoms with Gasteiger partial charge in [-0.25, -0.2) is 13.6 Å². The van der Waals surface area contributed by atoms with Crippen molar-refractivity contribution in [3.05, 3.63) is 46.3 Å². The van der Waals surface area contributed by atoms with E-state index in [4.69, 9.17) is 9.88 Å². The number of nitrogens with one attached hydrogen (secondary N) is 1. The lowest BCUT2D eigenvalue weighted by molar-refractivity contribution is 0.126. The number of aliphatic hydroxyl groups is 2. The van der Waals surface area contributed by atoms with E-state index in [9.17, 15) is 23.7 Å². The summed E-state index contributed by atoms with van der Waals surface area (Å²) in [6.45, 7) is 2.44. The van der Waals surface area contributed by atoms with Gasteiger partial charge in [0.15, 0.2) is 0 Å². The normalized spacial score (nSPS) is 12.8. The molecule has 0 aliphatic carbocycles. The first-order chi connectivity index (χ1) is 15.8. The van der Waals surface area contributed by atoms with Crippen molar-refractivity contribution < 1.29 is 28.5 Å². The third-order valence-corrected chi connectivity index (χ3v) is 7.85. The van der Waals surface area contributed by atoms with Crippen LogP contribution in [0.1, 0.15) is 60.6 Å². The van der Waals surface area contributed by atoms with Crippen LogP contribution in [0, 0.1) is 0 Å². The highest BCUT2D eigenvalue weighted by Gasteiger charge is 2.11. The average Bonchev–Trinajstić information content (AvgIpc) is 3.26. The largest absolute Gasteiger partial charge is 0.508 e. The molecule has 0 aliphatic rings. The number of hydrogen-bond acceptors (Lipinski definition) is 8. The van der Waals surface area contributed by atoms with E-state index < -0.39 is 16.1 Å². The van der Waals surface area contributed by atoms with Crippen LogP contribution in [0.5, 0.6) is 5.75 Å². The van der Waals surface area contributed by atoms with E-state index in [1.165, 1.54) is 17.4 Å². The number of hydrogen-bond donors (Lipinski definition) is 5. The van der Waals surface area contributed by atoms with Crippen molar-refractivity contribution in [3.63, 3.8) is 0 Å². The maximum atomic E-state index is 11.3. The summed E-state index contributed by atoms with van der Waals surface area (Å²) in [6, 6.07) is 8.15. The van der Waals surface area contributed by atoms with E-state index in [2.05, 4.69) is 5.32 Å². The predicted molar refractivity (Wildman–Crippen MR) is 130 cm³/mol. The lowest BCUT2D eigenvalue weighted by atomic mass is 10.1. The number of aliphatic hydroxyl groups excluding tert-OH is 2. The minimum absolute atomic E-state index is 0.0321. The van der Waals surface area contributed by atoms with Gasteiger partial charge in [0.2, 0.25) is 10.0 Å². The Kier molecular flexibility index (Phi) is 12.3. The van der Waals surface area contributed by atoms with Crippen molar-refractivity contribution in [2.45, 2.75) is 61.9 Å². The number of sulfonamides is 1. The van der Waals surface area contributed by atoms with Crippen LogP contribution in [0.3, 0.4) is 0 Å². The number of ether oxygens (including phenoxy) is 1. The first-order valence-corrected chi connectivity index (χ1v) is 13.7. The number of primary sulfonamides is 1. The first-order valence-electron chi connectivity index (χ1n) is 11.3. The van der Waals surface area contributed by atoms with Crippen molar-refractivity contribution in [2.24, 2.45) is 5.14 Å². The van der Waals surface area contributed by atoms with Crippen LogP contribution in [-0.4, -0.2) is 50.0 Å². The van der Waals surface area contributed by atoms with Crippen molar-refractivity contribution in [1.82, 2.24) is 5.32 Å². The van der Waals surface area contributed by atoms with Crippen molar-refractivity contribution in [1.29, 1.82) is 0 Å². The molecule has 0 unspecified atom stereocenters. The number of benzene rings is 1. The van der Waals surface area contributed by atoms with E-state index >= 15 is 0 Å². The lowest BCUT2D eigenvalue weighted by Crippen LogP contribution is -2.22. The zero-order valence-corrected chi connectivity index (χ0v) is 20.5. The Labute approximate surface area is 200 Å². The molecule has 1 heterocycles. The van der Waals surface area contributed by atoms with E-state index in [0.717, 1.165) is 63.0 Å². The summed E-state index contributed by atoms with van der Waals surface area (Å²) in [5.41, 5.74) is 1.08. The highest BCUT2D eigenvalue weighted by Crippen LogP contribution is 2.23. The minimum atomic E-state index is -3.59. The molecular weight excluding hydrogens is 464 g/mol. The Morgan fingerprint density at radius 1 is 1.03 bits per heavy atom. The molecule has 186 valence electrons. The van der Waals surface area contributed by atoms with Crippen LogP contribution in [0.4, 0.5) is 0 Å². The highest BCUT2D eigenvalue weighted by molar-refractivity contribution is 7.91. The van der Waals surface area contributed by atoms with Crippen LogP contribution in [-0.2, 0) is 27.8 Å². The number of rotatable bonds is 17. The molecule has 0 bridgehead atoms. The second-order valence-corrected chi connectivity index (χ2v) is 11.0. The molecule has 0 spiro atoms. The fourth-order valence-electron chi connectivity index (χ4n) is 3.35. The molecule has 1 aromatic carbocycles. The third kappa shape index (κ3) is 10.5. The van der Waals surface area contributed by atoms with Gasteiger partial charge in [0.1, 0.15) is 9.96 Å². The minimum Gasteiger partial charge on any atom is -0.508 e. The molecule has 10 heteroatoms. The molecule has 2 aromatic rings. The Morgan fingerprint density at radius 2 is 1.76 bits per heavy atom. The van der Waals surface area contributed by atoms with Crippen LogP contribution in [0.2, 0.25) is 0 Å². The van der Waals surface area contributed by atoms with Crippen molar-refractivity contribution in [3.8, 4) is 5.75 Å². The van der Waals surface area contributed by atoms with Gasteiger partial charge in [0, 0.05) is 30.2 Å². The summed E-state index contributed by atoms with van der Waals surface area (Å²) in [5, 5.41) is 37.4. The Balaban J connectivity index is 1.41. The van der Waals surface area contributed by atoms with Crippen LogP contribution < -0.4 is 10.5 Å². The fourth-order valence-corrected chi connectivity index (χ4v) is 5.18. The monoisotopic (exact) mass is 500 g/mol. The van der Waals surface area contributed by atoms with Crippen LogP contribution in [0.25, 0.3) is 0 Å². The zero-order valence-electron chi connectivity index (χ0n) is 18.9. The topological polar surface area (TPSA) is 142 Å². The van der Waals surface area contributed by atoms with Crippen LogP contribution >= 0.6 is 11.3 Å². The lowest BCUT2D eigenvalue weighted by Gasteiger charge is -2.14. The summed E-state index contributed by atoms with van der Waals surface area (Å²) in [5.74, 6) is 0.0321. The molecular formula is C23H36N2O6S2. The van der Waals surface area contributed by atoms with Gasteiger partial charge in [0.05, 0.1) is 12.7 Å². The molecule has 0 saturated heterocycles. The molecule has 0 radical (unpaired) electrons. The van der Waals surface area contributed by atoms with Gasteiger partial charge in [-0.05, 0) is 68.5 Å². The fraction of sp³-hybridized carbons (Fsp3) is 0.565. The number of aromatic hydroxyl groups is 1. The molecule has 6 N–H and O–H groups in total. The molecule has 8 nitrogen and oxygen atoms in total. The van der Waals surface area contributed by atoms with Gasteiger partial charge in [-0.3, -0.25) is 0 Å². The van der Waals surface area contributed by atoms with E-state index in [-0.39, 0.29) is 16.6 Å². The quantitative estimate of drug-likeness (QED) is 0.210. The standard InChI is InChI=1S/C23H36N2O6S2/c24-33(29,30)23-11-9-20(32-23)7-3-6-14-31-13-5-2-1-4-12-25-16-22(28)18-8-10-21(27)19(15-18)17-26/h8-11,15,22,25-28H,1-7,12-14,16-17H2,(H2,24,29,30)/t22-/m0/s1. The van der Waals surface area contributed by atoms with Crippen molar-refractivity contribution in [2.75, 3.05) is 26.3 Å². The summed E-state index contributed by atoms with van der Waals surface area (Å²) >= 11 is 1.23. The molecule has 33 heavy (non-hydrogen) atoms. The number of aryl methyl sites for hydroxylation is 1. The molecule has 1 atom stereocenters. The zero-order chi connectivity index (χ0) is 24.1. The average molecular weight is 501 g/mol. The summed E-state index contributed by atoms with van der Waals surface area (Å²) in [4.78, 5) is 1.03. The number of unbranched alkanes of at least 4 members (excludes halogenated alkanes) is 4. The molecule has 2 rings (SSSR count). The molecule has 0 fully saturated rings. The first kappa shape index (κ1) is 27.7. The number of phenols is 1. The summed E-state index contributed by atoms with van der Waals surface area (Å²) in [6.07, 6.45) is 6.26. The molecule has 0 saturated carbocycles. The van der Waals surface area contributed by atoms with Gasteiger partial charge >= 0.3 is 0 Å². The molecule has 1 aromatic heterocycles. The van der Waals surface area contributed by atoms with Crippen molar-refractivity contribution >= 4 is 21.4 Å². The van der Waals surface area contributed by atoms with Crippen LogP contribution in [0.15, 0.2) is 34.5 Å². The van der Waals surface area contributed by atoms with Gasteiger partial charge in [-0.15, -0.1) is 11.3 Å². The van der Waals surface area contributed by atoms with Gasteiger partial charge < -0.3 is 25.4 Å². The summed E-state index contributed by atoms with van der Waals surface area (Å²) < 4.78 is 28.4. The van der Waals surface area contributed by atoms with E-state index in [1.54, 1.807) is 18.2 Å². The molecule has 0 amide bonds. The van der Waals surface area contributed by atoms with Gasteiger partial charge in [-0.1, -0.05) is 18.9 Å². The van der Waals surface area contributed by atoms with Gasteiger partial charge in [0.25, 0.3) is 0 Å². The Hall–Kier alpha value is -1.53. The van der Waals surface area contributed by atoms with E-state index in [1.807, 2.05) is 6.07 Å². The highest BCUT2D eigenvalue weighted by atomic mass is 32.2. The number of thiophene rings is 1. The SMILES string of the molecule is NS(=O)(=O)c1ccc(CCCCOCCCCCCNC[C@H](O)c2ccc(O)c(CO)c2)s1. The molecule has 0 aliphatic heterocycles. The third-order valence-electron chi connectivity index (χ3n) is 5.27. The second kappa shape index (κ2) is 14.7. The smallest absolute Gasteiger partial charge is 0.247 e. The Morgan fingerprint density at radius 3 is 2.45 bits per heavy atom. The predicted octanol–water partition coefficient (Wildman–Crippen LogP) is 2.82. The Bertz CT molecular complexity index is 933. The second-order valence-electron chi connectivity index (χ2n) is 8.02. The number of nitrogens with two attached hydrogens (primary N) is 1. The maximum absolute atomic E-state index is 11.3. The maximum Gasteiger partial charge on any atom is 0.247 e. The summed E-state index contributed by atoms with van der Waals surface area (Å²) in [7, 11) is -3.59. The van der Waals surface area contributed by atoms with E-state index in [0.29, 0.717) is 24.3 Å². The van der Waals surface area contributed by atoms with Gasteiger partial charge in [-0.2, -0.15) is 0 Å².